The third kappa shape index (κ3) is 10.7. The van der Waals surface area contributed by atoms with Crippen LogP contribution in [0.15, 0.2) is 206 Å². The van der Waals surface area contributed by atoms with Crippen LogP contribution in [0.3, 0.4) is 0 Å². The minimum Gasteiger partial charge on any atom is -0.489 e. The largest absolute Gasteiger partial charge is 0.489 e. The van der Waals surface area contributed by atoms with Crippen molar-refractivity contribution in [2.45, 2.75) is 57.6 Å². The Hall–Kier alpha value is -8.27. The van der Waals surface area contributed by atoms with Crippen molar-refractivity contribution in [3.63, 3.8) is 0 Å². The van der Waals surface area contributed by atoms with Gasteiger partial charge in [-0.1, -0.05) is 176 Å². The molecule has 1 N–H and O–H groups in total. The predicted molar refractivity (Wildman–Crippen MR) is 270 cm³/mol. The normalized spacial score (nSPS) is 15.1. The number of ether oxygens (including phenoxy) is 7. The Bertz CT molecular complexity index is 3130. The highest BCUT2D eigenvalue weighted by molar-refractivity contribution is 5.89. The summed E-state index contributed by atoms with van der Waals surface area (Å²) in [5.41, 5.74) is 9.01. The van der Waals surface area contributed by atoms with E-state index in [1.165, 1.54) is 7.11 Å². The Morgan fingerprint density at radius 1 is 0.514 bits per heavy atom. The topological polar surface area (TPSA) is 97.5 Å². The zero-order chi connectivity index (χ0) is 47.5. The molecule has 350 valence electrons. The number of carbonyl (C=O) groups is 1. The number of H-pyrrole nitrogens is 1. The molecule has 2 heterocycles. The molecule has 0 fully saturated rings. The molecule has 1 aromatic heterocycles. The number of benzene rings is 8. The highest BCUT2D eigenvalue weighted by Gasteiger charge is 2.46. The van der Waals surface area contributed by atoms with Gasteiger partial charge in [0.15, 0.2) is 17.6 Å². The van der Waals surface area contributed by atoms with Gasteiger partial charge in [0.05, 0.1) is 26.1 Å². The first-order valence-corrected chi connectivity index (χ1v) is 23.5. The standard InChI is InChI=1S/C61H53NO8/c1-64-56(63)36-50-49-29-17-18-30-51(49)62-59(50)58-57-54(68-40-45-25-13-5-14-26-45)34-48(65-37-42-19-7-2-8-20-42)35-55(57)70-60(61(58)69-41-46-27-15-6-16-28-46)47-31-32-52(66-38-43-21-9-3-10-22-43)53(33-47)67-39-44-23-11-4-12-24-44/h2-35,58,60-62H,36-41H2,1H3/t58-,60-,61+/m1/s1. The van der Waals surface area contributed by atoms with Crippen molar-refractivity contribution < 1.29 is 38.0 Å². The summed E-state index contributed by atoms with van der Waals surface area (Å²) in [7, 11) is 1.42. The Kier molecular flexibility index (Phi) is 14.2. The molecule has 3 atom stereocenters. The van der Waals surface area contributed by atoms with E-state index in [0.717, 1.165) is 61.1 Å². The number of hydrogen-bond acceptors (Lipinski definition) is 8. The maximum absolute atomic E-state index is 13.5. The maximum Gasteiger partial charge on any atom is 0.310 e. The van der Waals surface area contributed by atoms with Crippen molar-refractivity contribution in [3.05, 3.63) is 256 Å². The van der Waals surface area contributed by atoms with Crippen molar-refractivity contribution in [2.24, 2.45) is 0 Å². The summed E-state index contributed by atoms with van der Waals surface area (Å²) < 4.78 is 46.7. The third-order valence-corrected chi connectivity index (χ3v) is 12.5. The highest BCUT2D eigenvalue weighted by Crippen LogP contribution is 2.54. The van der Waals surface area contributed by atoms with E-state index in [1.54, 1.807) is 0 Å². The van der Waals surface area contributed by atoms with Crippen molar-refractivity contribution in [1.82, 2.24) is 4.98 Å². The number of rotatable bonds is 19. The molecule has 0 bridgehead atoms. The minimum atomic E-state index is -0.743. The highest BCUT2D eigenvalue weighted by atomic mass is 16.6. The van der Waals surface area contributed by atoms with Crippen molar-refractivity contribution >= 4 is 16.9 Å². The number of aromatic nitrogens is 1. The van der Waals surface area contributed by atoms with Gasteiger partial charge in [0.25, 0.3) is 0 Å². The van der Waals surface area contributed by atoms with Crippen LogP contribution in [0.25, 0.3) is 10.9 Å². The minimum absolute atomic E-state index is 0.0159. The van der Waals surface area contributed by atoms with Crippen LogP contribution < -0.4 is 23.7 Å². The molecule has 70 heavy (non-hydrogen) atoms. The SMILES string of the molecule is COC(=O)Cc1c([C@H]2c3c(OCc4ccccc4)cc(OCc4ccccc4)cc3O[C@H](c3ccc(OCc4ccccc4)c(OCc4ccccc4)c3)[C@H]2OCc2ccccc2)[nH]c2ccccc12. The van der Waals surface area contributed by atoms with Crippen molar-refractivity contribution in [1.29, 1.82) is 0 Å². The first-order chi connectivity index (χ1) is 34.6. The number of esters is 1. The van der Waals surface area contributed by atoms with Gasteiger partial charge in [-0.2, -0.15) is 0 Å². The number of nitrogens with one attached hydrogen (secondary N) is 1. The summed E-state index contributed by atoms with van der Waals surface area (Å²) in [6.07, 6.45) is -1.44. The quantitative estimate of drug-likeness (QED) is 0.0801. The lowest BCUT2D eigenvalue weighted by Gasteiger charge is -2.41. The van der Waals surface area contributed by atoms with Crippen LogP contribution in [-0.4, -0.2) is 24.2 Å². The molecule has 8 aromatic carbocycles. The number of carbonyl (C=O) groups excluding carboxylic acids is 1. The van der Waals surface area contributed by atoms with E-state index >= 15 is 0 Å². The zero-order valence-electron chi connectivity index (χ0n) is 38.9. The lowest BCUT2D eigenvalue weighted by Crippen LogP contribution is -2.38. The van der Waals surface area contributed by atoms with Crippen LogP contribution in [0.2, 0.25) is 0 Å². The van der Waals surface area contributed by atoms with E-state index in [1.807, 2.05) is 206 Å². The van der Waals surface area contributed by atoms with Gasteiger partial charge in [-0.15, -0.1) is 0 Å². The monoisotopic (exact) mass is 927 g/mol. The smallest absolute Gasteiger partial charge is 0.310 e. The molecule has 0 saturated heterocycles. The molecule has 0 unspecified atom stereocenters. The first-order valence-electron chi connectivity index (χ1n) is 23.5. The Morgan fingerprint density at radius 3 is 1.59 bits per heavy atom. The van der Waals surface area contributed by atoms with Gasteiger partial charge >= 0.3 is 5.97 Å². The van der Waals surface area contributed by atoms with Gasteiger partial charge in [0.2, 0.25) is 0 Å². The molecule has 0 amide bonds. The lowest BCUT2D eigenvalue weighted by molar-refractivity contribution is -0.139. The van der Waals surface area contributed by atoms with E-state index in [0.29, 0.717) is 48.6 Å². The van der Waals surface area contributed by atoms with Crippen LogP contribution in [0.1, 0.15) is 62.2 Å². The van der Waals surface area contributed by atoms with Crippen molar-refractivity contribution in [3.8, 4) is 28.7 Å². The van der Waals surface area contributed by atoms with Gasteiger partial charge in [0, 0.05) is 34.3 Å². The van der Waals surface area contributed by atoms with Crippen LogP contribution in [0.5, 0.6) is 28.7 Å². The van der Waals surface area contributed by atoms with Crippen molar-refractivity contribution in [2.75, 3.05) is 7.11 Å². The maximum atomic E-state index is 13.5. The summed E-state index contributed by atoms with van der Waals surface area (Å²) in [6.45, 7) is 1.52. The van der Waals surface area contributed by atoms with Crippen LogP contribution in [0, 0.1) is 0 Å². The molecular formula is C61H53NO8. The second kappa shape index (κ2) is 21.8. The molecule has 0 aliphatic carbocycles. The van der Waals surface area contributed by atoms with Crippen LogP contribution in [0.4, 0.5) is 0 Å². The summed E-state index contributed by atoms with van der Waals surface area (Å²) >= 11 is 0. The number of hydrogen-bond donors (Lipinski definition) is 1. The molecule has 9 aromatic rings. The van der Waals surface area contributed by atoms with E-state index in [4.69, 9.17) is 33.2 Å². The molecule has 10 rings (SSSR count). The van der Waals surface area contributed by atoms with E-state index < -0.39 is 18.1 Å². The second-order valence-corrected chi connectivity index (χ2v) is 17.2. The number of aromatic amines is 1. The Labute approximate surface area is 408 Å². The van der Waals surface area contributed by atoms with Gasteiger partial charge in [0.1, 0.15) is 49.8 Å². The lowest BCUT2D eigenvalue weighted by atomic mass is 9.80. The molecule has 1 aliphatic rings. The molecule has 0 radical (unpaired) electrons. The van der Waals surface area contributed by atoms with Gasteiger partial charge in [-0.3, -0.25) is 4.79 Å². The Balaban J connectivity index is 1.16. The van der Waals surface area contributed by atoms with E-state index in [2.05, 4.69) is 4.98 Å². The molecule has 1 aliphatic heterocycles. The number of fused-ring (bicyclic) bond motifs is 2. The summed E-state index contributed by atoms with van der Waals surface area (Å²) in [5.74, 6) is 1.84. The van der Waals surface area contributed by atoms with Gasteiger partial charge in [-0.05, 0) is 57.1 Å². The molecule has 0 spiro atoms. The third-order valence-electron chi connectivity index (χ3n) is 12.5. The summed E-state index contributed by atoms with van der Waals surface area (Å²) in [5, 5.41) is 0.903. The van der Waals surface area contributed by atoms with E-state index in [9.17, 15) is 4.79 Å². The fraction of sp³-hybridized carbons (Fsp3) is 0.164. The molecule has 9 heteroatoms. The molecule has 9 nitrogen and oxygen atoms in total. The van der Waals surface area contributed by atoms with Crippen LogP contribution in [-0.2, 0) is 53.7 Å². The van der Waals surface area contributed by atoms with Gasteiger partial charge in [-0.25, -0.2) is 0 Å². The summed E-state index contributed by atoms with van der Waals surface area (Å²) in [6, 6.07) is 68.2. The van der Waals surface area contributed by atoms with Crippen LogP contribution >= 0.6 is 0 Å². The number of para-hydroxylation sites is 1. The predicted octanol–water partition coefficient (Wildman–Crippen LogP) is 13.1. The number of methoxy groups -OCH3 is 1. The molecular weight excluding hydrogens is 875 g/mol. The molecule has 0 saturated carbocycles. The summed E-state index contributed by atoms with van der Waals surface area (Å²) in [4.78, 5) is 17.2. The van der Waals surface area contributed by atoms with E-state index in [-0.39, 0.29) is 25.6 Å². The average molecular weight is 928 g/mol. The van der Waals surface area contributed by atoms with Gasteiger partial charge < -0.3 is 38.1 Å². The first kappa shape index (κ1) is 45.5. The Morgan fingerprint density at radius 2 is 1.01 bits per heavy atom. The average Bonchev–Trinajstić information content (AvgIpc) is 3.78. The fourth-order valence-electron chi connectivity index (χ4n) is 9.02. The second-order valence-electron chi connectivity index (χ2n) is 17.2. The zero-order valence-corrected chi connectivity index (χ0v) is 38.9. The fourth-order valence-corrected chi connectivity index (χ4v) is 9.02.